The minimum atomic E-state index is -0.702. The van der Waals surface area contributed by atoms with Gasteiger partial charge in [-0.25, -0.2) is 13.6 Å². The second-order valence-electron chi connectivity index (χ2n) is 3.49. The summed E-state index contributed by atoms with van der Waals surface area (Å²) in [4.78, 5) is 11.3. The predicted octanol–water partition coefficient (Wildman–Crippen LogP) is 3.78. The summed E-state index contributed by atoms with van der Waals surface area (Å²) in [6.45, 7) is -0.190. The molecule has 0 aliphatic heterocycles. The first kappa shape index (κ1) is 12.5. The van der Waals surface area contributed by atoms with Crippen molar-refractivity contribution in [3.63, 3.8) is 0 Å². The minimum absolute atomic E-state index is 0.190. The largest absolute Gasteiger partial charge is 0.444 e. The molecule has 0 atom stereocenters. The number of nitrogens with one attached hydrogen (secondary N) is 1. The Morgan fingerprint density at radius 3 is 2.61 bits per heavy atom. The molecule has 6 heteroatoms. The van der Waals surface area contributed by atoms with Gasteiger partial charge in [0, 0.05) is 11.4 Å². The molecule has 1 heterocycles. The molecule has 0 saturated carbocycles. The molecule has 0 bridgehead atoms. The van der Waals surface area contributed by atoms with E-state index in [4.69, 9.17) is 4.74 Å². The van der Waals surface area contributed by atoms with E-state index in [0.29, 0.717) is 5.69 Å². The molecule has 94 valence electrons. The van der Waals surface area contributed by atoms with Gasteiger partial charge in [-0.05, 0) is 29.1 Å². The van der Waals surface area contributed by atoms with E-state index in [1.54, 1.807) is 16.8 Å². The summed E-state index contributed by atoms with van der Waals surface area (Å²) in [5.74, 6) is -1.40. The van der Waals surface area contributed by atoms with Crippen LogP contribution in [0.5, 0.6) is 0 Å². The highest BCUT2D eigenvalue weighted by Crippen LogP contribution is 2.13. The second kappa shape index (κ2) is 5.59. The fourth-order valence-corrected chi connectivity index (χ4v) is 1.92. The number of halogens is 2. The molecule has 2 rings (SSSR count). The first-order valence-electron chi connectivity index (χ1n) is 5.04. The van der Waals surface area contributed by atoms with E-state index in [1.807, 2.05) is 0 Å². The van der Waals surface area contributed by atoms with Crippen LogP contribution in [0.25, 0.3) is 0 Å². The number of rotatable bonds is 3. The standard InChI is InChI=1S/C12H9F2NO2S/c13-9-3-8(4-10(14)5-9)6-17-12(16)15-11-1-2-18-7-11/h1-5,7H,6H2,(H,15,16). The van der Waals surface area contributed by atoms with Crippen LogP contribution in [0.2, 0.25) is 0 Å². The van der Waals surface area contributed by atoms with Crippen LogP contribution in [-0.2, 0) is 11.3 Å². The van der Waals surface area contributed by atoms with Crippen molar-refractivity contribution in [2.24, 2.45) is 0 Å². The smallest absolute Gasteiger partial charge is 0.411 e. The molecule has 0 unspecified atom stereocenters. The molecule has 0 aliphatic rings. The third-order valence-corrected chi connectivity index (χ3v) is 2.74. The van der Waals surface area contributed by atoms with Crippen LogP contribution in [-0.4, -0.2) is 6.09 Å². The maximum Gasteiger partial charge on any atom is 0.411 e. The van der Waals surface area contributed by atoms with E-state index in [-0.39, 0.29) is 12.2 Å². The molecular weight excluding hydrogens is 260 g/mol. The fourth-order valence-electron chi connectivity index (χ4n) is 1.33. The zero-order valence-electron chi connectivity index (χ0n) is 9.15. The Labute approximate surface area is 106 Å². The Balaban J connectivity index is 1.89. The van der Waals surface area contributed by atoms with E-state index in [1.165, 1.54) is 11.3 Å². The fraction of sp³-hybridized carbons (Fsp3) is 0.0833. The van der Waals surface area contributed by atoms with Gasteiger partial charge in [0.15, 0.2) is 0 Å². The van der Waals surface area contributed by atoms with Crippen molar-refractivity contribution >= 4 is 23.1 Å². The quantitative estimate of drug-likeness (QED) is 0.921. The van der Waals surface area contributed by atoms with Crippen molar-refractivity contribution in [2.75, 3.05) is 5.32 Å². The summed E-state index contributed by atoms with van der Waals surface area (Å²) in [6, 6.07) is 4.70. The summed E-state index contributed by atoms with van der Waals surface area (Å²) in [7, 11) is 0. The molecule has 1 amide bonds. The van der Waals surface area contributed by atoms with Gasteiger partial charge in [0.25, 0.3) is 0 Å². The van der Waals surface area contributed by atoms with Crippen molar-refractivity contribution in [3.05, 3.63) is 52.2 Å². The molecule has 1 aromatic heterocycles. The zero-order valence-corrected chi connectivity index (χ0v) is 9.97. The van der Waals surface area contributed by atoms with Crippen molar-refractivity contribution in [2.45, 2.75) is 6.61 Å². The van der Waals surface area contributed by atoms with Crippen molar-refractivity contribution in [3.8, 4) is 0 Å². The van der Waals surface area contributed by atoms with Gasteiger partial charge in [0.2, 0.25) is 0 Å². The molecule has 18 heavy (non-hydrogen) atoms. The molecule has 0 fully saturated rings. The normalized spacial score (nSPS) is 10.1. The first-order chi connectivity index (χ1) is 8.63. The topological polar surface area (TPSA) is 38.3 Å². The lowest BCUT2D eigenvalue weighted by atomic mass is 10.2. The average Bonchev–Trinajstić information content (AvgIpc) is 2.78. The number of amides is 1. The van der Waals surface area contributed by atoms with Crippen molar-refractivity contribution in [1.82, 2.24) is 0 Å². The predicted molar refractivity (Wildman–Crippen MR) is 64.5 cm³/mol. The highest BCUT2D eigenvalue weighted by Gasteiger charge is 2.06. The lowest BCUT2D eigenvalue weighted by Gasteiger charge is -2.06. The number of carbonyl (C=O) groups is 1. The maximum atomic E-state index is 12.9. The first-order valence-corrected chi connectivity index (χ1v) is 5.99. The Hall–Kier alpha value is -1.95. The van der Waals surface area contributed by atoms with Crippen LogP contribution in [0.4, 0.5) is 19.3 Å². The Kier molecular flexibility index (Phi) is 3.88. The van der Waals surface area contributed by atoms with Crippen LogP contribution in [0.3, 0.4) is 0 Å². The molecule has 0 saturated heterocycles. The zero-order chi connectivity index (χ0) is 13.0. The van der Waals surface area contributed by atoms with E-state index in [2.05, 4.69) is 5.32 Å². The summed E-state index contributed by atoms with van der Waals surface area (Å²) >= 11 is 1.43. The summed E-state index contributed by atoms with van der Waals surface area (Å²) in [5.41, 5.74) is 0.878. The Morgan fingerprint density at radius 1 is 1.28 bits per heavy atom. The number of thiophene rings is 1. The average molecular weight is 269 g/mol. The number of anilines is 1. The van der Waals surface area contributed by atoms with Crippen LogP contribution in [0, 0.1) is 11.6 Å². The van der Waals surface area contributed by atoms with Gasteiger partial charge in [0.05, 0.1) is 5.69 Å². The van der Waals surface area contributed by atoms with Gasteiger partial charge in [-0.2, -0.15) is 11.3 Å². The molecule has 3 nitrogen and oxygen atoms in total. The monoisotopic (exact) mass is 269 g/mol. The number of hydrogen-bond acceptors (Lipinski definition) is 3. The molecule has 0 aliphatic carbocycles. The van der Waals surface area contributed by atoms with Gasteiger partial charge in [-0.3, -0.25) is 5.32 Å². The van der Waals surface area contributed by atoms with Gasteiger partial charge < -0.3 is 4.74 Å². The summed E-state index contributed by atoms with van der Waals surface area (Å²) < 4.78 is 30.6. The Bertz CT molecular complexity index is 523. The summed E-state index contributed by atoms with van der Waals surface area (Å²) in [6.07, 6.45) is -0.668. The van der Waals surface area contributed by atoms with Crippen LogP contribution in [0.1, 0.15) is 5.56 Å². The van der Waals surface area contributed by atoms with E-state index >= 15 is 0 Å². The third-order valence-electron chi connectivity index (χ3n) is 2.06. The van der Waals surface area contributed by atoms with Crippen molar-refractivity contribution < 1.29 is 18.3 Å². The SMILES string of the molecule is O=C(Nc1ccsc1)OCc1cc(F)cc(F)c1. The van der Waals surface area contributed by atoms with Gasteiger partial charge in [-0.15, -0.1) is 0 Å². The van der Waals surface area contributed by atoms with Gasteiger partial charge >= 0.3 is 6.09 Å². The lowest BCUT2D eigenvalue weighted by Crippen LogP contribution is -2.13. The van der Waals surface area contributed by atoms with Gasteiger partial charge in [-0.1, -0.05) is 0 Å². The van der Waals surface area contributed by atoms with Gasteiger partial charge in [0.1, 0.15) is 18.2 Å². The number of hydrogen-bond donors (Lipinski definition) is 1. The van der Waals surface area contributed by atoms with E-state index in [0.717, 1.165) is 18.2 Å². The highest BCUT2D eigenvalue weighted by molar-refractivity contribution is 7.08. The molecule has 1 N–H and O–H groups in total. The number of carbonyl (C=O) groups excluding carboxylic acids is 1. The molecule has 0 radical (unpaired) electrons. The van der Waals surface area contributed by atoms with E-state index < -0.39 is 17.7 Å². The Morgan fingerprint density at radius 2 is 2.00 bits per heavy atom. The molecular formula is C12H9F2NO2S. The number of benzene rings is 1. The molecule has 2 aromatic rings. The summed E-state index contributed by atoms with van der Waals surface area (Å²) in [5, 5.41) is 6.03. The number of ether oxygens (including phenoxy) is 1. The molecule has 0 spiro atoms. The third kappa shape index (κ3) is 3.53. The van der Waals surface area contributed by atoms with Crippen LogP contribution < -0.4 is 5.32 Å². The lowest BCUT2D eigenvalue weighted by molar-refractivity contribution is 0.155. The highest BCUT2D eigenvalue weighted by atomic mass is 32.1. The molecule has 1 aromatic carbocycles. The van der Waals surface area contributed by atoms with Crippen LogP contribution >= 0.6 is 11.3 Å². The second-order valence-corrected chi connectivity index (χ2v) is 4.27. The maximum absolute atomic E-state index is 12.9. The minimum Gasteiger partial charge on any atom is -0.444 e. The van der Waals surface area contributed by atoms with Crippen LogP contribution in [0.15, 0.2) is 35.0 Å². The van der Waals surface area contributed by atoms with Crippen molar-refractivity contribution in [1.29, 1.82) is 0 Å². The van der Waals surface area contributed by atoms with E-state index in [9.17, 15) is 13.6 Å².